The summed E-state index contributed by atoms with van der Waals surface area (Å²) >= 11 is 0. The smallest absolute Gasteiger partial charge is 0.258 e. The molecule has 0 saturated heterocycles. The molecule has 0 spiro atoms. The van der Waals surface area contributed by atoms with Crippen molar-refractivity contribution in [3.63, 3.8) is 0 Å². The summed E-state index contributed by atoms with van der Waals surface area (Å²) in [6.07, 6.45) is 0.888. The molecular weight excluding hydrogens is 246 g/mol. The van der Waals surface area contributed by atoms with Crippen LogP contribution in [0.4, 0.5) is 0 Å². The fraction of sp³-hybridized carbons (Fsp3) is 0.500. The monoisotopic (exact) mass is 267 g/mol. The lowest BCUT2D eigenvalue weighted by Gasteiger charge is -2.13. The van der Waals surface area contributed by atoms with Crippen molar-refractivity contribution in [3.05, 3.63) is 18.2 Å². The van der Waals surface area contributed by atoms with Gasteiger partial charge < -0.3 is 19.5 Å². The van der Waals surface area contributed by atoms with Gasteiger partial charge in [-0.25, -0.2) is 0 Å². The number of methoxy groups -OCH3 is 2. The topological polar surface area (TPSA) is 56.8 Å². The number of hydrogen-bond donors (Lipinski definition) is 1. The van der Waals surface area contributed by atoms with E-state index in [2.05, 4.69) is 5.32 Å². The van der Waals surface area contributed by atoms with Crippen molar-refractivity contribution in [1.82, 2.24) is 5.32 Å². The van der Waals surface area contributed by atoms with Gasteiger partial charge >= 0.3 is 0 Å². The number of ether oxygens (including phenoxy) is 3. The number of benzene rings is 1. The summed E-state index contributed by atoms with van der Waals surface area (Å²) in [6, 6.07) is 5.31. The van der Waals surface area contributed by atoms with E-state index < -0.39 is 0 Å². The van der Waals surface area contributed by atoms with Crippen LogP contribution in [0, 0.1) is 0 Å². The second kappa shape index (κ2) is 7.51. The number of rotatable bonds is 7. The van der Waals surface area contributed by atoms with Crippen LogP contribution in [0.15, 0.2) is 18.2 Å². The van der Waals surface area contributed by atoms with Crippen LogP contribution in [-0.4, -0.2) is 32.8 Å². The Balaban J connectivity index is 2.59. The summed E-state index contributed by atoms with van der Waals surface area (Å²) in [5.41, 5.74) is 0. The Morgan fingerprint density at radius 2 is 1.68 bits per heavy atom. The minimum Gasteiger partial charge on any atom is -0.496 e. The van der Waals surface area contributed by atoms with Crippen molar-refractivity contribution in [1.29, 1.82) is 0 Å². The summed E-state index contributed by atoms with van der Waals surface area (Å²) in [7, 11) is 3.13. The molecule has 0 saturated carbocycles. The predicted molar refractivity (Wildman–Crippen MR) is 72.9 cm³/mol. The highest BCUT2D eigenvalue weighted by molar-refractivity contribution is 5.77. The number of hydrogen-bond acceptors (Lipinski definition) is 4. The van der Waals surface area contributed by atoms with Crippen LogP contribution in [0.5, 0.6) is 17.2 Å². The minimum absolute atomic E-state index is 0.0271. The van der Waals surface area contributed by atoms with Gasteiger partial charge in [0.15, 0.2) is 6.61 Å². The summed E-state index contributed by atoms with van der Waals surface area (Å²) in [5, 5.41) is 2.83. The number of carbonyl (C=O) groups excluding carboxylic acids is 1. The molecule has 5 heteroatoms. The lowest BCUT2D eigenvalue weighted by atomic mass is 10.2. The fourth-order valence-corrected chi connectivity index (χ4v) is 1.43. The normalized spacial score (nSPS) is 11.6. The van der Waals surface area contributed by atoms with Gasteiger partial charge in [0.1, 0.15) is 17.2 Å². The largest absolute Gasteiger partial charge is 0.496 e. The van der Waals surface area contributed by atoms with Gasteiger partial charge in [0, 0.05) is 24.2 Å². The summed E-state index contributed by atoms with van der Waals surface area (Å²) in [5.74, 6) is 1.64. The summed E-state index contributed by atoms with van der Waals surface area (Å²) in [6.45, 7) is 3.94. The van der Waals surface area contributed by atoms with Crippen LogP contribution in [0.2, 0.25) is 0 Å². The van der Waals surface area contributed by atoms with Crippen LogP contribution in [0.25, 0.3) is 0 Å². The maximum Gasteiger partial charge on any atom is 0.258 e. The van der Waals surface area contributed by atoms with E-state index in [1.54, 1.807) is 32.4 Å². The Bertz CT molecular complexity index is 398. The number of amides is 1. The zero-order chi connectivity index (χ0) is 14.3. The maximum atomic E-state index is 11.6. The molecule has 1 amide bonds. The summed E-state index contributed by atoms with van der Waals surface area (Å²) in [4.78, 5) is 11.6. The van der Waals surface area contributed by atoms with Crippen molar-refractivity contribution in [3.8, 4) is 17.2 Å². The van der Waals surface area contributed by atoms with Gasteiger partial charge in [0.2, 0.25) is 0 Å². The molecule has 106 valence electrons. The Morgan fingerprint density at radius 1 is 1.16 bits per heavy atom. The van der Waals surface area contributed by atoms with Gasteiger partial charge in [-0.05, 0) is 13.3 Å². The van der Waals surface area contributed by atoms with Crippen LogP contribution in [-0.2, 0) is 4.79 Å². The Morgan fingerprint density at radius 3 is 2.16 bits per heavy atom. The molecule has 19 heavy (non-hydrogen) atoms. The molecule has 0 aliphatic rings. The molecule has 1 aromatic carbocycles. The van der Waals surface area contributed by atoms with E-state index in [1.807, 2.05) is 13.8 Å². The van der Waals surface area contributed by atoms with Crippen LogP contribution >= 0.6 is 0 Å². The number of nitrogens with one attached hydrogen (secondary N) is 1. The number of carbonyl (C=O) groups is 1. The Hall–Kier alpha value is -1.91. The highest BCUT2D eigenvalue weighted by Crippen LogP contribution is 2.27. The molecule has 0 fully saturated rings. The molecular formula is C14H21NO4. The lowest BCUT2D eigenvalue weighted by Crippen LogP contribution is -2.35. The van der Waals surface area contributed by atoms with Crippen LogP contribution in [0.3, 0.4) is 0 Å². The van der Waals surface area contributed by atoms with Gasteiger partial charge in [-0.3, -0.25) is 4.79 Å². The standard InChI is InChI=1S/C14H21NO4/c1-5-10(2)15-14(16)9-19-13-7-11(17-3)6-12(8-13)18-4/h6-8,10H,5,9H2,1-4H3,(H,15,16)/t10-/m0/s1. The second-order valence-corrected chi connectivity index (χ2v) is 4.21. The first-order valence-electron chi connectivity index (χ1n) is 6.24. The van der Waals surface area contributed by atoms with Crippen molar-refractivity contribution in [2.24, 2.45) is 0 Å². The van der Waals surface area contributed by atoms with Gasteiger partial charge in [-0.15, -0.1) is 0 Å². The maximum absolute atomic E-state index is 11.6. The zero-order valence-electron chi connectivity index (χ0n) is 11.9. The molecule has 0 radical (unpaired) electrons. The van der Waals surface area contributed by atoms with Crippen LogP contribution < -0.4 is 19.5 Å². The van der Waals surface area contributed by atoms with E-state index >= 15 is 0 Å². The quantitative estimate of drug-likeness (QED) is 0.821. The third-order valence-electron chi connectivity index (χ3n) is 2.71. The molecule has 1 atom stereocenters. The first kappa shape index (κ1) is 15.1. The molecule has 1 rings (SSSR count). The first-order chi connectivity index (χ1) is 9.08. The van der Waals surface area contributed by atoms with Crippen molar-refractivity contribution >= 4 is 5.91 Å². The predicted octanol–water partition coefficient (Wildman–Crippen LogP) is 2.00. The van der Waals surface area contributed by atoms with E-state index in [0.717, 1.165) is 6.42 Å². The first-order valence-corrected chi connectivity index (χ1v) is 6.24. The van der Waals surface area contributed by atoms with E-state index in [4.69, 9.17) is 14.2 Å². The third kappa shape index (κ3) is 5.07. The lowest BCUT2D eigenvalue weighted by molar-refractivity contribution is -0.123. The Kier molecular flexibility index (Phi) is 5.99. The summed E-state index contributed by atoms with van der Waals surface area (Å²) < 4.78 is 15.7. The molecule has 5 nitrogen and oxygen atoms in total. The third-order valence-corrected chi connectivity index (χ3v) is 2.71. The van der Waals surface area contributed by atoms with Crippen molar-refractivity contribution < 1.29 is 19.0 Å². The van der Waals surface area contributed by atoms with Gasteiger partial charge in [0.05, 0.1) is 14.2 Å². The van der Waals surface area contributed by atoms with E-state index in [-0.39, 0.29) is 18.6 Å². The Labute approximate surface area is 113 Å². The zero-order valence-corrected chi connectivity index (χ0v) is 11.9. The molecule has 0 aliphatic carbocycles. The molecule has 0 unspecified atom stereocenters. The molecule has 1 aromatic rings. The van der Waals surface area contributed by atoms with E-state index in [1.165, 1.54) is 0 Å². The van der Waals surface area contributed by atoms with Gasteiger partial charge in [-0.2, -0.15) is 0 Å². The molecule has 1 N–H and O–H groups in total. The minimum atomic E-state index is -0.142. The SMILES string of the molecule is CC[C@H](C)NC(=O)COc1cc(OC)cc(OC)c1. The van der Waals surface area contributed by atoms with Gasteiger partial charge in [-0.1, -0.05) is 6.92 Å². The van der Waals surface area contributed by atoms with Crippen molar-refractivity contribution in [2.75, 3.05) is 20.8 Å². The fourth-order valence-electron chi connectivity index (χ4n) is 1.43. The van der Waals surface area contributed by atoms with Crippen LogP contribution in [0.1, 0.15) is 20.3 Å². The average Bonchev–Trinajstić information content (AvgIpc) is 2.44. The second-order valence-electron chi connectivity index (χ2n) is 4.21. The van der Waals surface area contributed by atoms with E-state index in [0.29, 0.717) is 17.2 Å². The molecule has 0 bridgehead atoms. The molecule has 0 aromatic heterocycles. The highest BCUT2D eigenvalue weighted by Gasteiger charge is 2.08. The van der Waals surface area contributed by atoms with Crippen molar-refractivity contribution in [2.45, 2.75) is 26.3 Å². The average molecular weight is 267 g/mol. The molecule has 0 heterocycles. The van der Waals surface area contributed by atoms with E-state index in [9.17, 15) is 4.79 Å². The van der Waals surface area contributed by atoms with Gasteiger partial charge in [0.25, 0.3) is 5.91 Å². The highest BCUT2D eigenvalue weighted by atomic mass is 16.5. The molecule has 0 aliphatic heterocycles.